The Morgan fingerprint density at radius 3 is 2.76 bits per heavy atom. The number of aliphatic hydroxyl groups excluding tert-OH is 1. The van der Waals surface area contributed by atoms with Gasteiger partial charge in [-0.1, -0.05) is 24.3 Å². The Hall–Kier alpha value is -1.11. The molecule has 2 unspecified atom stereocenters. The molecule has 2 atom stereocenters. The minimum atomic E-state index is -4.57. The molecule has 3 rings (SSSR count). The Morgan fingerprint density at radius 2 is 2.06 bits per heavy atom. The van der Waals surface area contributed by atoms with E-state index in [9.17, 15) is 18.3 Å². The molecule has 92 valence electrons. The average Bonchev–Trinajstić information content (AvgIpc) is 2.80. The molecule has 6 heteroatoms. The zero-order valence-electron chi connectivity index (χ0n) is 8.74. The van der Waals surface area contributed by atoms with Gasteiger partial charge in [-0.2, -0.15) is 13.2 Å². The number of benzene rings is 1. The van der Waals surface area contributed by atoms with Crippen LogP contribution in [0.3, 0.4) is 0 Å². The van der Waals surface area contributed by atoms with Crippen LogP contribution in [-0.4, -0.2) is 29.3 Å². The molecule has 1 fully saturated rings. The van der Waals surface area contributed by atoms with Crippen LogP contribution in [0.2, 0.25) is 0 Å². The number of halogens is 3. The highest BCUT2D eigenvalue weighted by Gasteiger charge is 2.69. The molecule has 1 aromatic carbocycles. The van der Waals surface area contributed by atoms with Crippen LogP contribution in [-0.2, 0) is 10.5 Å². The van der Waals surface area contributed by atoms with Gasteiger partial charge < -0.3 is 9.84 Å². The predicted molar refractivity (Wildman–Crippen MR) is 51.8 cm³/mol. The monoisotopic (exact) mass is 245 g/mol. The van der Waals surface area contributed by atoms with Crippen LogP contribution in [0.1, 0.15) is 17.4 Å². The van der Waals surface area contributed by atoms with Gasteiger partial charge in [-0.05, 0) is 0 Å². The lowest BCUT2D eigenvalue weighted by molar-refractivity contribution is -0.320. The number of rotatable bonds is 0. The van der Waals surface area contributed by atoms with E-state index >= 15 is 0 Å². The van der Waals surface area contributed by atoms with Crippen molar-refractivity contribution in [2.75, 3.05) is 13.2 Å². The number of aliphatic hydroxyl groups is 1. The Morgan fingerprint density at radius 1 is 1.35 bits per heavy atom. The summed E-state index contributed by atoms with van der Waals surface area (Å²) in [6.07, 6.45) is -5.83. The molecular formula is C11H10F3NO2. The number of alkyl halides is 3. The molecule has 1 saturated heterocycles. The summed E-state index contributed by atoms with van der Waals surface area (Å²) in [6, 6.07) is 5.98. The molecule has 2 aliphatic heterocycles. The second-order valence-corrected chi connectivity index (χ2v) is 4.14. The number of ether oxygens (including phenoxy) is 1. The third-order valence-corrected chi connectivity index (χ3v) is 3.33. The van der Waals surface area contributed by atoms with Gasteiger partial charge in [0, 0.05) is 17.7 Å². The zero-order chi connectivity index (χ0) is 12.3. The summed E-state index contributed by atoms with van der Waals surface area (Å²) in [5.74, 6) is 0. The molecule has 0 aliphatic carbocycles. The lowest BCUT2D eigenvalue weighted by Crippen LogP contribution is -2.50. The van der Waals surface area contributed by atoms with Crippen molar-refractivity contribution in [1.82, 2.24) is 4.90 Å². The van der Waals surface area contributed by atoms with E-state index in [4.69, 9.17) is 4.74 Å². The highest BCUT2D eigenvalue weighted by molar-refractivity contribution is 5.40. The maximum Gasteiger partial charge on any atom is 0.436 e. The molecule has 17 heavy (non-hydrogen) atoms. The molecule has 0 saturated carbocycles. The van der Waals surface area contributed by atoms with Crippen LogP contribution in [0.15, 0.2) is 24.3 Å². The van der Waals surface area contributed by atoms with Crippen molar-refractivity contribution in [1.29, 1.82) is 0 Å². The van der Waals surface area contributed by atoms with E-state index in [-0.39, 0.29) is 24.3 Å². The first kappa shape index (κ1) is 11.0. The van der Waals surface area contributed by atoms with Crippen LogP contribution < -0.4 is 0 Å². The molecule has 2 aliphatic rings. The Balaban J connectivity index is 2.25. The predicted octanol–water partition coefficient (Wildman–Crippen LogP) is 1.74. The lowest BCUT2D eigenvalue weighted by atomic mass is 10.0. The van der Waals surface area contributed by atoms with E-state index < -0.39 is 18.1 Å². The van der Waals surface area contributed by atoms with E-state index in [1.54, 1.807) is 6.07 Å². The highest BCUT2D eigenvalue weighted by atomic mass is 19.4. The normalized spacial score (nSPS) is 32.6. The van der Waals surface area contributed by atoms with Gasteiger partial charge in [0.15, 0.2) is 0 Å². The van der Waals surface area contributed by atoms with Gasteiger partial charge in [0.05, 0.1) is 6.61 Å². The second-order valence-electron chi connectivity index (χ2n) is 4.14. The molecule has 0 aromatic heterocycles. The number of nitrogens with zero attached hydrogens (tertiary/aromatic N) is 1. The third-order valence-electron chi connectivity index (χ3n) is 3.33. The van der Waals surface area contributed by atoms with Crippen molar-refractivity contribution in [3.63, 3.8) is 0 Å². The summed E-state index contributed by atoms with van der Waals surface area (Å²) in [6.45, 7) is 0.0280. The van der Waals surface area contributed by atoms with Gasteiger partial charge in [-0.25, -0.2) is 4.90 Å². The maximum atomic E-state index is 13.3. The van der Waals surface area contributed by atoms with Gasteiger partial charge >= 0.3 is 6.18 Å². The van der Waals surface area contributed by atoms with Gasteiger partial charge in [0.25, 0.3) is 0 Å². The van der Waals surface area contributed by atoms with Gasteiger partial charge in [-0.3, -0.25) is 0 Å². The van der Waals surface area contributed by atoms with Crippen molar-refractivity contribution in [2.24, 2.45) is 0 Å². The summed E-state index contributed by atoms with van der Waals surface area (Å²) < 4.78 is 44.8. The molecule has 1 aromatic rings. The molecule has 2 heterocycles. The van der Waals surface area contributed by atoms with Gasteiger partial charge in [0.2, 0.25) is 5.72 Å². The molecular weight excluding hydrogens is 235 g/mol. The minimum absolute atomic E-state index is 0.00231. The second kappa shape index (κ2) is 3.22. The number of hydrogen-bond acceptors (Lipinski definition) is 3. The van der Waals surface area contributed by atoms with Crippen molar-refractivity contribution < 1.29 is 23.0 Å². The van der Waals surface area contributed by atoms with Crippen LogP contribution in [0.4, 0.5) is 13.2 Å². The van der Waals surface area contributed by atoms with E-state index in [1.807, 2.05) is 0 Å². The first-order valence-corrected chi connectivity index (χ1v) is 5.23. The SMILES string of the molecule is OC1c2ccccc2C2(C(F)(F)F)OCCN12. The summed E-state index contributed by atoms with van der Waals surface area (Å²) in [7, 11) is 0. The standard InChI is InChI=1S/C11H10F3NO2/c12-11(13,14)10-8-4-2-1-3-7(8)9(16)15(10)5-6-17-10/h1-4,9,16H,5-6H2. The fourth-order valence-corrected chi connectivity index (χ4v) is 2.66. The summed E-state index contributed by atoms with van der Waals surface area (Å²) >= 11 is 0. The molecule has 3 nitrogen and oxygen atoms in total. The van der Waals surface area contributed by atoms with E-state index in [0.29, 0.717) is 0 Å². The summed E-state index contributed by atoms with van der Waals surface area (Å²) in [5, 5.41) is 9.93. The van der Waals surface area contributed by atoms with Crippen LogP contribution >= 0.6 is 0 Å². The van der Waals surface area contributed by atoms with Crippen molar-refractivity contribution in [2.45, 2.75) is 18.1 Å². The van der Waals surface area contributed by atoms with E-state index in [1.165, 1.54) is 18.2 Å². The van der Waals surface area contributed by atoms with Crippen LogP contribution in [0.5, 0.6) is 0 Å². The van der Waals surface area contributed by atoms with Gasteiger partial charge in [-0.15, -0.1) is 0 Å². The molecule has 0 bridgehead atoms. The molecule has 0 spiro atoms. The molecule has 0 amide bonds. The van der Waals surface area contributed by atoms with Gasteiger partial charge in [0.1, 0.15) is 6.23 Å². The Labute approximate surface area is 95.4 Å². The molecule has 0 radical (unpaired) electrons. The Bertz CT molecular complexity index is 462. The smallest absolute Gasteiger partial charge is 0.374 e. The van der Waals surface area contributed by atoms with Crippen LogP contribution in [0.25, 0.3) is 0 Å². The summed E-state index contributed by atoms with van der Waals surface area (Å²) in [5.41, 5.74) is -2.20. The van der Waals surface area contributed by atoms with Crippen molar-refractivity contribution >= 4 is 0 Å². The van der Waals surface area contributed by atoms with Crippen molar-refractivity contribution in [3.05, 3.63) is 35.4 Å². The third kappa shape index (κ3) is 1.17. The van der Waals surface area contributed by atoms with E-state index in [2.05, 4.69) is 0 Å². The quantitative estimate of drug-likeness (QED) is 0.755. The largest absolute Gasteiger partial charge is 0.436 e. The highest BCUT2D eigenvalue weighted by Crippen LogP contribution is 2.56. The number of hydrogen-bond donors (Lipinski definition) is 1. The summed E-state index contributed by atoms with van der Waals surface area (Å²) in [4.78, 5) is 0.956. The minimum Gasteiger partial charge on any atom is -0.374 e. The average molecular weight is 245 g/mol. The van der Waals surface area contributed by atoms with Crippen molar-refractivity contribution in [3.8, 4) is 0 Å². The zero-order valence-corrected chi connectivity index (χ0v) is 8.74. The number of fused-ring (bicyclic) bond motifs is 3. The lowest BCUT2D eigenvalue weighted by Gasteiger charge is -2.34. The fraction of sp³-hybridized carbons (Fsp3) is 0.455. The van der Waals surface area contributed by atoms with E-state index in [0.717, 1.165) is 4.90 Å². The van der Waals surface area contributed by atoms with Crippen LogP contribution in [0, 0.1) is 0 Å². The Kier molecular flexibility index (Phi) is 2.08. The maximum absolute atomic E-state index is 13.3. The fourth-order valence-electron chi connectivity index (χ4n) is 2.66. The first-order valence-electron chi connectivity index (χ1n) is 5.23. The first-order chi connectivity index (χ1) is 7.98. The molecule has 1 N–H and O–H groups in total. The topological polar surface area (TPSA) is 32.7 Å².